The van der Waals surface area contributed by atoms with Gasteiger partial charge >= 0.3 is 0 Å². The first kappa shape index (κ1) is 20.1. The van der Waals surface area contributed by atoms with Gasteiger partial charge in [0.05, 0.1) is 0 Å². The molecule has 0 atom stereocenters. The molecule has 1 aromatic heterocycles. The van der Waals surface area contributed by atoms with Gasteiger partial charge in [-0.2, -0.15) is 0 Å². The smallest absolute Gasteiger partial charge is 0.256 e. The number of nitrogens with one attached hydrogen (secondary N) is 1. The SMILES string of the molecule is O=C(c1cccc(OC2=C=C=CC=C2)c1)C1CCC(c2cc3ccccc3c(=O)[nH]2)CC1. The molecule has 0 unspecified atom stereocenters. The van der Waals surface area contributed by atoms with Crippen LogP contribution >= 0.6 is 0 Å². The summed E-state index contributed by atoms with van der Waals surface area (Å²) in [7, 11) is 0. The lowest BCUT2D eigenvalue weighted by Crippen LogP contribution is -2.23. The minimum absolute atomic E-state index is 0.00898. The van der Waals surface area contributed by atoms with Gasteiger partial charge < -0.3 is 9.72 Å². The highest BCUT2D eigenvalue weighted by Gasteiger charge is 2.28. The fourth-order valence-electron chi connectivity index (χ4n) is 4.59. The molecule has 2 aromatic carbocycles. The fraction of sp³-hybridized carbons (Fsp3) is 0.214. The van der Waals surface area contributed by atoms with Gasteiger partial charge in [0.2, 0.25) is 0 Å². The van der Waals surface area contributed by atoms with E-state index in [9.17, 15) is 9.59 Å². The van der Waals surface area contributed by atoms with Gasteiger partial charge in [-0.25, -0.2) is 0 Å². The largest absolute Gasteiger partial charge is 0.448 e. The summed E-state index contributed by atoms with van der Waals surface area (Å²) in [5, 5.41) is 1.68. The van der Waals surface area contributed by atoms with E-state index in [0.29, 0.717) is 22.5 Å². The van der Waals surface area contributed by atoms with Gasteiger partial charge in [-0.1, -0.05) is 36.1 Å². The Morgan fingerprint density at radius 2 is 1.84 bits per heavy atom. The Balaban J connectivity index is 1.27. The molecule has 4 heteroatoms. The maximum Gasteiger partial charge on any atom is 0.256 e. The Hall–Kier alpha value is -3.84. The third-order valence-electron chi connectivity index (χ3n) is 6.28. The molecule has 4 nitrogen and oxygen atoms in total. The maximum absolute atomic E-state index is 13.1. The number of carbonyl (C=O) groups excluding carboxylic acids is 1. The van der Waals surface area contributed by atoms with Gasteiger partial charge in [-0.05, 0) is 85.2 Å². The molecule has 2 aliphatic rings. The van der Waals surface area contributed by atoms with Gasteiger partial charge in [0.1, 0.15) is 5.75 Å². The topological polar surface area (TPSA) is 59.2 Å². The van der Waals surface area contributed by atoms with E-state index >= 15 is 0 Å². The Bertz CT molecular complexity index is 1370. The van der Waals surface area contributed by atoms with Gasteiger partial charge in [0.25, 0.3) is 5.56 Å². The van der Waals surface area contributed by atoms with Crippen LogP contribution in [0.25, 0.3) is 10.8 Å². The van der Waals surface area contributed by atoms with Crippen LogP contribution in [0.2, 0.25) is 0 Å². The molecule has 0 aliphatic heterocycles. The molecule has 2 aliphatic carbocycles. The van der Waals surface area contributed by atoms with Crippen LogP contribution < -0.4 is 10.3 Å². The van der Waals surface area contributed by atoms with E-state index in [2.05, 4.69) is 22.5 Å². The predicted molar refractivity (Wildman–Crippen MR) is 125 cm³/mol. The van der Waals surface area contributed by atoms with Crippen LogP contribution in [0.4, 0.5) is 0 Å². The number of hydrogen-bond donors (Lipinski definition) is 1. The van der Waals surface area contributed by atoms with Crippen molar-refractivity contribution < 1.29 is 9.53 Å². The van der Waals surface area contributed by atoms with E-state index in [4.69, 9.17) is 4.74 Å². The second-order valence-electron chi connectivity index (χ2n) is 8.34. The van der Waals surface area contributed by atoms with Crippen molar-refractivity contribution in [1.82, 2.24) is 4.98 Å². The normalized spacial score (nSPS) is 19.7. The first-order valence-electron chi connectivity index (χ1n) is 11.0. The molecule has 3 aromatic rings. The molecule has 1 N–H and O–H groups in total. The zero-order valence-corrected chi connectivity index (χ0v) is 17.6. The highest BCUT2D eigenvalue weighted by atomic mass is 16.5. The molecule has 0 bridgehead atoms. The van der Waals surface area contributed by atoms with E-state index in [-0.39, 0.29) is 23.2 Å². The Labute approximate surface area is 186 Å². The van der Waals surface area contributed by atoms with Gasteiger partial charge in [0.15, 0.2) is 11.5 Å². The van der Waals surface area contributed by atoms with Gasteiger partial charge in [0, 0.05) is 22.6 Å². The van der Waals surface area contributed by atoms with Crippen molar-refractivity contribution in [2.24, 2.45) is 5.92 Å². The number of allylic oxidation sites excluding steroid dienone is 3. The third-order valence-corrected chi connectivity index (χ3v) is 6.28. The molecule has 1 fully saturated rings. The minimum Gasteiger partial charge on any atom is -0.448 e. The summed E-state index contributed by atoms with van der Waals surface area (Å²) in [5.41, 5.74) is 7.38. The molecule has 5 rings (SSSR count). The number of aromatic nitrogens is 1. The number of rotatable bonds is 5. The van der Waals surface area contributed by atoms with Crippen molar-refractivity contribution in [3.63, 3.8) is 0 Å². The van der Waals surface area contributed by atoms with Crippen molar-refractivity contribution in [3.8, 4) is 5.75 Å². The quantitative estimate of drug-likeness (QED) is 0.417. The summed E-state index contributed by atoms with van der Waals surface area (Å²) in [6.45, 7) is 0. The predicted octanol–water partition coefficient (Wildman–Crippen LogP) is 5.83. The first-order valence-corrected chi connectivity index (χ1v) is 11.0. The first-order chi connectivity index (χ1) is 15.7. The number of Topliss-reactive ketones (excluding diaryl/α,β-unsaturated/α-hetero) is 1. The zero-order valence-electron chi connectivity index (χ0n) is 17.6. The average molecular weight is 421 g/mol. The zero-order chi connectivity index (χ0) is 21.9. The van der Waals surface area contributed by atoms with Crippen LogP contribution in [0.5, 0.6) is 5.75 Å². The minimum atomic E-state index is -0.0404. The van der Waals surface area contributed by atoms with Crippen molar-refractivity contribution in [2.75, 3.05) is 0 Å². The molecular weight excluding hydrogens is 398 g/mol. The van der Waals surface area contributed by atoms with Crippen molar-refractivity contribution >= 4 is 16.6 Å². The molecule has 0 saturated heterocycles. The number of ketones is 1. The number of benzene rings is 2. The van der Waals surface area contributed by atoms with Gasteiger partial charge in [-0.15, -0.1) is 0 Å². The molecule has 32 heavy (non-hydrogen) atoms. The van der Waals surface area contributed by atoms with Crippen molar-refractivity contribution in [3.05, 3.63) is 112 Å². The third kappa shape index (κ3) is 4.15. The second kappa shape index (κ2) is 8.72. The number of H-pyrrole nitrogens is 1. The lowest BCUT2D eigenvalue weighted by Gasteiger charge is -2.28. The van der Waals surface area contributed by atoms with E-state index < -0.39 is 0 Å². The van der Waals surface area contributed by atoms with E-state index in [1.165, 1.54) is 0 Å². The summed E-state index contributed by atoms with van der Waals surface area (Å²) in [4.78, 5) is 28.6. The van der Waals surface area contributed by atoms with Crippen molar-refractivity contribution in [2.45, 2.75) is 31.6 Å². The van der Waals surface area contributed by atoms with E-state index in [1.807, 2.05) is 54.6 Å². The monoisotopic (exact) mass is 421 g/mol. The fourth-order valence-corrected chi connectivity index (χ4v) is 4.59. The van der Waals surface area contributed by atoms with Crippen LogP contribution in [0.15, 0.2) is 94.8 Å². The second-order valence-corrected chi connectivity index (χ2v) is 8.34. The summed E-state index contributed by atoms with van der Waals surface area (Å²) >= 11 is 0. The summed E-state index contributed by atoms with van der Waals surface area (Å²) in [6, 6.07) is 17.1. The van der Waals surface area contributed by atoms with Crippen LogP contribution in [-0.2, 0) is 0 Å². The Morgan fingerprint density at radius 3 is 2.66 bits per heavy atom. The number of hydrogen-bond acceptors (Lipinski definition) is 3. The lowest BCUT2D eigenvalue weighted by molar-refractivity contribution is 0.0883. The molecule has 0 amide bonds. The summed E-state index contributed by atoms with van der Waals surface area (Å²) in [6.07, 6.45) is 8.79. The van der Waals surface area contributed by atoms with Crippen molar-refractivity contribution in [1.29, 1.82) is 0 Å². The number of fused-ring (bicyclic) bond motifs is 1. The van der Waals surface area contributed by atoms with E-state index in [0.717, 1.165) is 36.8 Å². The Kier molecular flexibility index (Phi) is 5.47. The molecule has 158 valence electrons. The highest BCUT2D eigenvalue weighted by Crippen LogP contribution is 2.37. The highest BCUT2D eigenvalue weighted by molar-refractivity contribution is 5.98. The average Bonchev–Trinajstić information content (AvgIpc) is 2.84. The standard InChI is InChI=1S/C28H23NO3/c30-27(22-8-6-11-24(17-22)32-23-9-2-1-3-10-23)20-15-13-19(14-16-20)26-18-21-7-4-5-12-25(21)28(31)29-26/h1-2,4-9,11-12,17-20H,13-16H2,(H,29,31). The number of aromatic amines is 1. The summed E-state index contributed by atoms with van der Waals surface area (Å²) in [5.74, 6) is 1.61. The number of carbonyl (C=O) groups is 1. The number of ether oxygens (including phenoxy) is 1. The van der Waals surface area contributed by atoms with E-state index in [1.54, 1.807) is 12.1 Å². The molecule has 0 spiro atoms. The molecule has 0 radical (unpaired) electrons. The van der Waals surface area contributed by atoms with Crippen LogP contribution in [0, 0.1) is 5.92 Å². The number of pyridine rings is 1. The van der Waals surface area contributed by atoms with Crippen LogP contribution in [0.3, 0.4) is 0 Å². The van der Waals surface area contributed by atoms with Crippen LogP contribution in [0.1, 0.15) is 47.7 Å². The van der Waals surface area contributed by atoms with Crippen LogP contribution in [-0.4, -0.2) is 10.8 Å². The Morgan fingerprint density at radius 1 is 1.00 bits per heavy atom. The lowest BCUT2D eigenvalue weighted by atomic mass is 9.77. The molecular formula is C28H23NO3. The van der Waals surface area contributed by atoms with Gasteiger partial charge in [-0.3, -0.25) is 9.59 Å². The molecule has 1 heterocycles. The maximum atomic E-state index is 13.1. The molecule has 1 saturated carbocycles. The summed E-state index contributed by atoms with van der Waals surface area (Å²) < 4.78 is 5.80.